The van der Waals surface area contributed by atoms with E-state index in [1.807, 2.05) is 0 Å². The van der Waals surface area contributed by atoms with Crippen molar-refractivity contribution in [2.45, 2.75) is 97.1 Å². The van der Waals surface area contributed by atoms with Crippen LogP contribution in [-0.4, -0.2) is 16.1 Å². The lowest BCUT2D eigenvalue weighted by atomic mass is 9.67. The number of hydrogen-bond donors (Lipinski definition) is 0. The third-order valence-electron chi connectivity index (χ3n) is 9.36. The molecule has 2 aliphatic heterocycles. The van der Waals surface area contributed by atoms with Crippen LogP contribution in [0.1, 0.15) is 91.5 Å². The van der Waals surface area contributed by atoms with Crippen LogP contribution in [0.15, 0.2) is 65.9 Å². The number of benzene rings is 1. The van der Waals surface area contributed by atoms with Crippen molar-refractivity contribution < 1.29 is 0 Å². The zero-order valence-electron chi connectivity index (χ0n) is 23.5. The van der Waals surface area contributed by atoms with Gasteiger partial charge in [0.2, 0.25) is 0 Å². The normalized spacial score (nSPS) is 27.2. The van der Waals surface area contributed by atoms with Gasteiger partial charge >= 0.3 is 0 Å². The van der Waals surface area contributed by atoms with Gasteiger partial charge in [-0.05, 0) is 74.1 Å². The molecule has 4 heteroatoms. The second-order valence-corrected chi connectivity index (χ2v) is 12.6. The quantitative estimate of drug-likeness (QED) is 0.401. The van der Waals surface area contributed by atoms with Crippen LogP contribution in [0.5, 0.6) is 0 Å². The fourth-order valence-electron chi connectivity index (χ4n) is 7.05. The number of hydrogen-bond acceptors (Lipinski definition) is 4. The van der Waals surface area contributed by atoms with Gasteiger partial charge in [-0.1, -0.05) is 78.0 Å². The van der Waals surface area contributed by atoms with Crippen molar-refractivity contribution in [1.29, 1.82) is 0 Å². The molecule has 0 radical (unpaired) electrons. The van der Waals surface area contributed by atoms with Crippen LogP contribution in [0.4, 0.5) is 17.3 Å². The van der Waals surface area contributed by atoms with Crippen LogP contribution in [0.25, 0.3) is 0 Å². The summed E-state index contributed by atoms with van der Waals surface area (Å²) in [5.74, 6) is 3.11. The van der Waals surface area contributed by atoms with Crippen LogP contribution < -0.4 is 9.80 Å². The molecule has 0 bridgehead atoms. The third-order valence-corrected chi connectivity index (χ3v) is 9.36. The van der Waals surface area contributed by atoms with Gasteiger partial charge in [0.15, 0.2) is 11.6 Å². The van der Waals surface area contributed by atoms with E-state index in [2.05, 4.69) is 106 Å². The van der Waals surface area contributed by atoms with E-state index in [4.69, 9.17) is 9.97 Å². The molecule has 2 aromatic rings. The first-order chi connectivity index (χ1) is 17.8. The summed E-state index contributed by atoms with van der Waals surface area (Å²) in [6.45, 7) is 14.1. The van der Waals surface area contributed by atoms with E-state index in [1.54, 1.807) is 0 Å². The van der Waals surface area contributed by atoms with Gasteiger partial charge in [0.1, 0.15) is 6.17 Å². The fourth-order valence-corrected chi connectivity index (χ4v) is 7.05. The number of aromatic nitrogens is 2. The van der Waals surface area contributed by atoms with E-state index < -0.39 is 0 Å². The first-order valence-corrected chi connectivity index (χ1v) is 14.4. The van der Waals surface area contributed by atoms with Crippen LogP contribution >= 0.6 is 0 Å². The molecular formula is C33H42N4. The minimum Gasteiger partial charge on any atom is -0.302 e. The molecule has 0 saturated carbocycles. The average Bonchev–Trinajstić information content (AvgIpc) is 3.21. The van der Waals surface area contributed by atoms with Crippen LogP contribution in [0, 0.1) is 11.8 Å². The van der Waals surface area contributed by atoms with E-state index in [1.165, 1.54) is 28.3 Å². The van der Waals surface area contributed by atoms with Crippen molar-refractivity contribution in [2.24, 2.45) is 11.8 Å². The highest BCUT2D eigenvalue weighted by molar-refractivity contribution is 5.82. The summed E-state index contributed by atoms with van der Waals surface area (Å²) < 4.78 is 0. The van der Waals surface area contributed by atoms with Crippen molar-refractivity contribution in [1.82, 2.24) is 9.97 Å². The van der Waals surface area contributed by atoms with E-state index in [-0.39, 0.29) is 17.0 Å². The zero-order chi connectivity index (χ0) is 25.9. The van der Waals surface area contributed by atoms with E-state index in [0.29, 0.717) is 11.8 Å². The van der Waals surface area contributed by atoms with Crippen LogP contribution in [0.3, 0.4) is 0 Å². The minimum atomic E-state index is 0.0145. The molecule has 4 nitrogen and oxygen atoms in total. The smallest absolute Gasteiger partial charge is 0.179 e. The van der Waals surface area contributed by atoms with Crippen molar-refractivity contribution in [3.05, 3.63) is 77.3 Å². The SMILES string of the molecule is CCC1C=CC2N(C3=C(C=CCC3)C1CC)c1nc3c(nc1N2c1ccccc1)C(C)(C)CCC3(C)C. The summed E-state index contributed by atoms with van der Waals surface area (Å²) in [7, 11) is 0. The summed E-state index contributed by atoms with van der Waals surface area (Å²) >= 11 is 0. The maximum absolute atomic E-state index is 5.59. The lowest BCUT2D eigenvalue weighted by Crippen LogP contribution is -2.41. The topological polar surface area (TPSA) is 32.3 Å². The highest BCUT2D eigenvalue weighted by Crippen LogP contribution is 2.52. The number of allylic oxidation sites excluding steroid dienone is 5. The molecular weight excluding hydrogens is 452 g/mol. The zero-order valence-corrected chi connectivity index (χ0v) is 23.5. The van der Waals surface area contributed by atoms with E-state index in [9.17, 15) is 0 Å². The maximum Gasteiger partial charge on any atom is 0.179 e. The molecule has 1 aromatic carbocycles. The molecule has 0 amide bonds. The Morgan fingerprint density at radius 3 is 2.11 bits per heavy atom. The largest absolute Gasteiger partial charge is 0.302 e. The summed E-state index contributed by atoms with van der Waals surface area (Å²) in [5, 5.41) is 0. The van der Waals surface area contributed by atoms with E-state index >= 15 is 0 Å². The Bertz CT molecular complexity index is 1280. The molecule has 0 fully saturated rings. The predicted octanol–water partition coefficient (Wildman–Crippen LogP) is 8.34. The van der Waals surface area contributed by atoms with Crippen molar-refractivity contribution in [3.63, 3.8) is 0 Å². The first-order valence-electron chi connectivity index (χ1n) is 14.4. The molecule has 3 unspecified atom stereocenters. The summed E-state index contributed by atoms with van der Waals surface area (Å²) in [5.41, 5.74) is 6.54. The molecule has 0 N–H and O–H groups in total. The summed E-state index contributed by atoms with van der Waals surface area (Å²) in [6.07, 6.45) is 16.5. The Morgan fingerprint density at radius 2 is 1.49 bits per heavy atom. The minimum absolute atomic E-state index is 0.0145. The fraction of sp³-hybridized carbons (Fsp3) is 0.515. The maximum atomic E-state index is 5.59. The molecule has 3 heterocycles. The molecule has 0 saturated heterocycles. The average molecular weight is 495 g/mol. The molecule has 37 heavy (non-hydrogen) atoms. The third kappa shape index (κ3) is 3.78. The predicted molar refractivity (Wildman–Crippen MR) is 154 cm³/mol. The molecule has 6 rings (SSSR count). The Hall–Kier alpha value is -2.88. The van der Waals surface area contributed by atoms with Gasteiger partial charge in [-0.25, -0.2) is 9.97 Å². The Morgan fingerprint density at radius 1 is 0.838 bits per heavy atom. The van der Waals surface area contributed by atoms with Crippen molar-refractivity contribution in [2.75, 3.05) is 9.80 Å². The number of fused-ring (bicyclic) bond motifs is 5. The van der Waals surface area contributed by atoms with Crippen LogP contribution in [-0.2, 0) is 10.8 Å². The second-order valence-electron chi connectivity index (χ2n) is 12.6. The van der Waals surface area contributed by atoms with Crippen LogP contribution in [0.2, 0.25) is 0 Å². The number of para-hydroxylation sites is 1. The van der Waals surface area contributed by atoms with Gasteiger partial charge in [-0.3, -0.25) is 4.90 Å². The van der Waals surface area contributed by atoms with Gasteiger partial charge in [0.25, 0.3) is 0 Å². The lowest BCUT2D eigenvalue weighted by Gasteiger charge is -2.40. The summed E-state index contributed by atoms with van der Waals surface area (Å²) in [6, 6.07) is 10.8. The number of anilines is 3. The highest BCUT2D eigenvalue weighted by Gasteiger charge is 2.47. The Kier molecular flexibility index (Phi) is 5.85. The van der Waals surface area contributed by atoms with Gasteiger partial charge in [-0.15, -0.1) is 0 Å². The van der Waals surface area contributed by atoms with Crippen molar-refractivity contribution >= 4 is 17.3 Å². The number of rotatable bonds is 3. The Balaban J connectivity index is 1.65. The molecule has 0 spiro atoms. The summed E-state index contributed by atoms with van der Waals surface area (Å²) in [4.78, 5) is 16.1. The van der Waals surface area contributed by atoms with Crippen molar-refractivity contribution in [3.8, 4) is 0 Å². The second kappa shape index (κ2) is 8.85. The molecule has 1 aromatic heterocycles. The van der Waals surface area contributed by atoms with Gasteiger partial charge in [-0.2, -0.15) is 0 Å². The molecule has 4 aliphatic rings. The monoisotopic (exact) mass is 494 g/mol. The van der Waals surface area contributed by atoms with Gasteiger partial charge in [0, 0.05) is 22.2 Å². The standard InChI is InChI=1S/C33H42N4/c1-7-22-18-19-27-36(23-14-10-9-11-15-23)30-31(37(27)26-17-13-12-16-25(26)24(22)8-2)35-29-28(34-30)32(3,4)20-21-33(29,5)6/h9-12,14-16,18-19,22,24,27H,7-8,13,17,20-21H2,1-6H3. The molecule has 2 aliphatic carbocycles. The van der Waals surface area contributed by atoms with E-state index in [0.717, 1.165) is 50.2 Å². The number of nitrogens with zero attached hydrogens (tertiary/aromatic N) is 4. The van der Waals surface area contributed by atoms with Gasteiger partial charge in [0.05, 0.1) is 11.4 Å². The van der Waals surface area contributed by atoms with Gasteiger partial charge < -0.3 is 4.90 Å². The molecule has 194 valence electrons. The first kappa shape index (κ1) is 24.5. The molecule has 3 atom stereocenters. The Labute approximate surface area is 223 Å². The lowest BCUT2D eigenvalue weighted by molar-refractivity contribution is 0.315. The highest BCUT2D eigenvalue weighted by atomic mass is 15.5.